The first-order valence-corrected chi connectivity index (χ1v) is 9.83. The van der Waals surface area contributed by atoms with E-state index in [1.807, 2.05) is 6.92 Å². The number of anilines is 2. The molecule has 0 saturated heterocycles. The Morgan fingerprint density at radius 3 is 2.38 bits per heavy atom. The molecule has 3 rings (SSSR count). The maximum absolute atomic E-state index is 12.5. The van der Waals surface area contributed by atoms with Crippen molar-refractivity contribution in [2.75, 3.05) is 17.2 Å². The van der Waals surface area contributed by atoms with Crippen molar-refractivity contribution in [2.45, 2.75) is 13.3 Å². The van der Waals surface area contributed by atoms with Crippen LogP contribution in [-0.4, -0.2) is 17.6 Å². The first kappa shape index (κ1) is 20.8. The van der Waals surface area contributed by atoms with Gasteiger partial charge in [0.05, 0.1) is 10.6 Å². The lowest BCUT2D eigenvalue weighted by atomic mass is 10.1. The molecule has 29 heavy (non-hydrogen) atoms. The van der Waals surface area contributed by atoms with Crippen LogP contribution >= 0.6 is 23.2 Å². The second-order valence-corrected chi connectivity index (χ2v) is 7.16. The zero-order valence-corrected chi connectivity index (χ0v) is 17.2. The zero-order chi connectivity index (χ0) is 20.8. The third-order valence-corrected chi connectivity index (χ3v) is 4.60. The number of ether oxygens (including phenoxy) is 1. The van der Waals surface area contributed by atoms with Gasteiger partial charge in [-0.15, -0.1) is 0 Å². The van der Waals surface area contributed by atoms with E-state index in [2.05, 4.69) is 10.6 Å². The molecule has 0 spiro atoms. The SMILES string of the molecule is CCCNc1ccc(C(=O)Nc2ccc(Oc3ccc(Cl)cc3)c(Cl)c2)c(O)c1. The summed E-state index contributed by atoms with van der Waals surface area (Å²) in [4.78, 5) is 12.5. The summed E-state index contributed by atoms with van der Waals surface area (Å²) in [5.74, 6) is 0.500. The van der Waals surface area contributed by atoms with Crippen molar-refractivity contribution < 1.29 is 14.6 Å². The van der Waals surface area contributed by atoms with Crippen LogP contribution in [0.4, 0.5) is 11.4 Å². The predicted molar refractivity (Wildman–Crippen MR) is 118 cm³/mol. The minimum Gasteiger partial charge on any atom is -0.507 e. The Balaban J connectivity index is 1.69. The normalized spacial score (nSPS) is 10.4. The lowest BCUT2D eigenvalue weighted by Gasteiger charge is -2.12. The van der Waals surface area contributed by atoms with E-state index in [1.165, 1.54) is 6.07 Å². The first-order valence-electron chi connectivity index (χ1n) is 9.07. The summed E-state index contributed by atoms with van der Waals surface area (Å²) >= 11 is 12.1. The molecule has 0 aliphatic carbocycles. The molecule has 150 valence electrons. The van der Waals surface area contributed by atoms with E-state index in [9.17, 15) is 9.90 Å². The van der Waals surface area contributed by atoms with Gasteiger partial charge in [-0.05, 0) is 61.0 Å². The van der Waals surface area contributed by atoms with E-state index in [-0.39, 0.29) is 11.3 Å². The maximum atomic E-state index is 12.5. The number of benzene rings is 3. The van der Waals surface area contributed by atoms with Crippen molar-refractivity contribution in [1.29, 1.82) is 0 Å². The van der Waals surface area contributed by atoms with Crippen LogP contribution in [0.1, 0.15) is 23.7 Å². The average Bonchev–Trinajstić information content (AvgIpc) is 2.70. The fourth-order valence-corrected chi connectivity index (χ4v) is 2.94. The first-order chi connectivity index (χ1) is 14.0. The molecule has 0 saturated carbocycles. The van der Waals surface area contributed by atoms with E-state index in [4.69, 9.17) is 27.9 Å². The number of nitrogens with one attached hydrogen (secondary N) is 2. The molecule has 0 radical (unpaired) electrons. The number of hydrogen-bond acceptors (Lipinski definition) is 4. The standard InChI is InChI=1S/C22H20Cl2N2O3/c1-2-11-25-15-5-9-18(20(27)13-15)22(28)26-16-6-10-21(19(24)12-16)29-17-7-3-14(23)4-8-17/h3-10,12-13,25,27H,2,11H2,1H3,(H,26,28). The molecule has 0 aromatic heterocycles. The lowest BCUT2D eigenvalue weighted by Crippen LogP contribution is -2.12. The van der Waals surface area contributed by atoms with Gasteiger partial charge in [0.25, 0.3) is 5.91 Å². The Morgan fingerprint density at radius 2 is 1.72 bits per heavy atom. The quantitative estimate of drug-likeness (QED) is 0.396. The Morgan fingerprint density at radius 1 is 1.00 bits per heavy atom. The van der Waals surface area contributed by atoms with Crippen molar-refractivity contribution in [2.24, 2.45) is 0 Å². The van der Waals surface area contributed by atoms with Crippen molar-refractivity contribution in [3.63, 3.8) is 0 Å². The minimum atomic E-state index is -0.438. The van der Waals surface area contributed by atoms with Crippen LogP contribution in [0.5, 0.6) is 17.2 Å². The van der Waals surface area contributed by atoms with Crippen LogP contribution in [0.2, 0.25) is 10.0 Å². The number of aromatic hydroxyl groups is 1. The summed E-state index contributed by atoms with van der Waals surface area (Å²) in [7, 11) is 0. The number of phenols is 1. The minimum absolute atomic E-state index is 0.0996. The largest absolute Gasteiger partial charge is 0.507 e. The van der Waals surface area contributed by atoms with E-state index >= 15 is 0 Å². The van der Waals surface area contributed by atoms with Crippen molar-refractivity contribution in [3.05, 3.63) is 76.3 Å². The highest BCUT2D eigenvalue weighted by atomic mass is 35.5. The molecule has 0 aliphatic rings. The van der Waals surface area contributed by atoms with Crippen LogP contribution in [0, 0.1) is 0 Å². The van der Waals surface area contributed by atoms with Gasteiger partial charge in [-0.25, -0.2) is 0 Å². The summed E-state index contributed by atoms with van der Waals surface area (Å²) in [6, 6.07) is 16.7. The summed E-state index contributed by atoms with van der Waals surface area (Å²) in [5, 5.41) is 17.0. The Kier molecular flexibility index (Phi) is 6.86. The highest BCUT2D eigenvalue weighted by Gasteiger charge is 2.13. The van der Waals surface area contributed by atoms with Gasteiger partial charge in [0.2, 0.25) is 0 Å². The number of halogens is 2. The number of carbonyl (C=O) groups excluding carboxylic acids is 1. The summed E-state index contributed by atoms with van der Waals surface area (Å²) in [6.07, 6.45) is 0.960. The van der Waals surface area contributed by atoms with Gasteiger partial charge in [-0.1, -0.05) is 30.1 Å². The average molecular weight is 431 g/mol. The lowest BCUT2D eigenvalue weighted by molar-refractivity contribution is 0.102. The third kappa shape index (κ3) is 5.56. The highest BCUT2D eigenvalue weighted by molar-refractivity contribution is 6.32. The van der Waals surface area contributed by atoms with E-state index < -0.39 is 5.91 Å². The summed E-state index contributed by atoms with van der Waals surface area (Å²) in [5.41, 5.74) is 1.41. The molecule has 0 atom stereocenters. The number of phenolic OH excluding ortho intramolecular Hbond substituents is 1. The van der Waals surface area contributed by atoms with E-state index in [0.717, 1.165) is 18.7 Å². The molecule has 7 heteroatoms. The number of carbonyl (C=O) groups is 1. The van der Waals surface area contributed by atoms with Gasteiger partial charge >= 0.3 is 0 Å². The van der Waals surface area contributed by atoms with Crippen LogP contribution in [0.3, 0.4) is 0 Å². The molecule has 1 amide bonds. The second kappa shape index (κ2) is 9.54. The van der Waals surface area contributed by atoms with Crippen LogP contribution in [-0.2, 0) is 0 Å². The fraction of sp³-hybridized carbons (Fsp3) is 0.136. The Labute approximate surface area is 179 Å². The molecule has 0 aliphatic heterocycles. The monoisotopic (exact) mass is 430 g/mol. The highest BCUT2D eigenvalue weighted by Crippen LogP contribution is 2.32. The molecule has 3 N–H and O–H groups in total. The topological polar surface area (TPSA) is 70.6 Å². The number of hydrogen-bond donors (Lipinski definition) is 3. The van der Waals surface area contributed by atoms with Crippen molar-refractivity contribution in [3.8, 4) is 17.2 Å². The molecular formula is C22H20Cl2N2O3. The molecule has 0 bridgehead atoms. The van der Waals surface area contributed by atoms with Gasteiger partial charge in [-0.2, -0.15) is 0 Å². The molecule has 3 aromatic rings. The molecule has 0 heterocycles. The van der Waals surface area contributed by atoms with Gasteiger partial charge in [-0.3, -0.25) is 4.79 Å². The fourth-order valence-electron chi connectivity index (χ4n) is 2.59. The van der Waals surface area contributed by atoms with E-state index in [1.54, 1.807) is 54.6 Å². The van der Waals surface area contributed by atoms with Crippen LogP contribution < -0.4 is 15.4 Å². The molecule has 3 aromatic carbocycles. The number of amides is 1. The third-order valence-electron chi connectivity index (χ3n) is 4.05. The van der Waals surface area contributed by atoms with Crippen LogP contribution in [0.15, 0.2) is 60.7 Å². The second-order valence-electron chi connectivity index (χ2n) is 6.31. The predicted octanol–water partition coefficient (Wildman–Crippen LogP) is 6.57. The molecular weight excluding hydrogens is 411 g/mol. The maximum Gasteiger partial charge on any atom is 0.259 e. The Hall–Kier alpha value is -2.89. The van der Waals surface area contributed by atoms with Gasteiger partial charge < -0.3 is 20.5 Å². The van der Waals surface area contributed by atoms with Gasteiger partial charge in [0.1, 0.15) is 17.2 Å². The van der Waals surface area contributed by atoms with Crippen molar-refractivity contribution >= 4 is 40.5 Å². The van der Waals surface area contributed by atoms with Gasteiger partial charge in [0.15, 0.2) is 0 Å². The molecule has 5 nitrogen and oxygen atoms in total. The molecule has 0 fully saturated rings. The smallest absolute Gasteiger partial charge is 0.259 e. The number of rotatable bonds is 7. The molecule has 0 unspecified atom stereocenters. The summed E-state index contributed by atoms with van der Waals surface area (Å²) < 4.78 is 5.72. The Bertz CT molecular complexity index is 1010. The van der Waals surface area contributed by atoms with E-state index in [0.29, 0.717) is 27.2 Å². The summed E-state index contributed by atoms with van der Waals surface area (Å²) in [6.45, 7) is 2.83. The van der Waals surface area contributed by atoms with Gasteiger partial charge in [0, 0.05) is 29.0 Å². The van der Waals surface area contributed by atoms with Crippen molar-refractivity contribution in [1.82, 2.24) is 0 Å². The van der Waals surface area contributed by atoms with Crippen LogP contribution in [0.25, 0.3) is 0 Å². The zero-order valence-electron chi connectivity index (χ0n) is 15.7.